The van der Waals surface area contributed by atoms with E-state index in [2.05, 4.69) is 57.1 Å². The van der Waals surface area contributed by atoms with Crippen LogP contribution in [0.4, 0.5) is 4.39 Å². The summed E-state index contributed by atoms with van der Waals surface area (Å²) >= 11 is 0. The molecule has 1 aliphatic heterocycles. The number of hydrogen-bond acceptors (Lipinski definition) is 3. The van der Waals surface area contributed by atoms with Crippen LogP contribution in [0.2, 0.25) is 16.6 Å². The van der Waals surface area contributed by atoms with Gasteiger partial charge in [0.05, 0.1) is 5.39 Å². The number of aromatic nitrogens is 2. The zero-order chi connectivity index (χ0) is 19.2. The quantitative estimate of drug-likeness (QED) is 0.673. The zero-order valence-corrected chi connectivity index (χ0v) is 18.0. The third-order valence-electron chi connectivity index (χ3n) is 6.17. The van der Waals surface area contributed by atoms with Gasteiger partial charge in [0.1, 0.15) is 11.5 Å². The molecule has 0 amide bonds. The van der Waals surface area contributed by atoms with Gasteiger partial charge in [0.2, 0.25) is 0 Å². The summed E-state index contributed by atoms with van der Waals surface area (Å²) in [5.41, 5.74) is 3.07. The Labute approximate surface area is 157 Å². The average molecular weight is 375 g/mol. The van der Waals surface area contributed by atoms with Crippen molar-refractivity contribution in [2.75, 3.05) is 13.6 Å². The number of pyridine rings is 1. The second kappa shape index (κ2) is 6.80. The van der Waals surface area contributed by atoms with E-state index in [1.54, 1.807) is 6.20 Å². The largest absolute Gasteiger partial charge is 0.358 e. The van der Waals surface area contributed by atoms with Crippen molar-refractivity contribution in [2.24, 2.45) is 5.10 Å². The zero-order valence-electron chi connectivity index (χ0n) is 17.0. The molecule has 0 bridgehead atoms. The Hall–Kier alpha value is -1.69. The van der Waals surface area contributed by atoms with E-state index in [1.807, 2.05) is 24.3 Å². The molecule has 142 valence electrons. The summed E-state index contributed by atoms with van der Waals surface area (Å²) in [6.07, 6.45) is 5.63. The summed E-state index contributed by atoms with van der Waals surface area (Å²) in [5, 5.41) is 6.73. The molecule has 0 saturated carbocycles. The summed E-state index contributed by atoms with van der Waals surface area (Å²) in [7, 11) is -0.0383. The Morgan fingerprint density at radius 2 is 1.73 bits per heavy atom. The van der Waals surface area contributed by atoms with Crippen LogP contribution in [0, 0.1) is 5.82 Å². The average Bonchev–Trinajstić information content (AvgIpc) is 3.15. The third kappa shape index (κ3) is 2.69. The second-order valence-corrected chi connectivity index (χ2v) is 14.2. The molecule has 4 nitrogen and oxygen atoms in total. The maximum atomic E-state index is 15.3. The van der Waals surface area contributed by atoms with Crippen molar-refractivity contribution >= 4 is 25.5 Å². The number of likely N-dealkylation sites (N-methyl/N-ethyl adjacent to an activating group) is 1. The van der Waals surface area contributed by atoms with Gasteiger partial charge in [-0.3, -0.25) is 5.01 Å². The lowest BCUT2D eigenvalue weighted by Gasteiger charge is -2.44. The minimum atomic E-state index is -1.95. The minimum absolute atomic E-state index is 0.0254. The first-order valence-electron chi connectivity index (χ1n) is 9.62. The molecule has 1 aliphatic rings. The number of rotatable bonds is 5. The van der Waals surface area contributed by atoms with Gasteiger partial charge in [0, 0.05) is 37.5 Å². The van der Waals surface area contributed by atoms with E-state index in [9.17, 15) is 0 Å². The highest BCUT2D eigenvalue weighted by Gasteiger charge is 2.46. The standard InChI is InChI=1S/C20H31FN4Si/c1-13(2)26(14(3)4,15(5)6)25-9-8-17-19(21)18(11-22-20(17)25)16-10-23-24(7)12-16/h8-11,13-16H,12H2,1-7H3. The molecule has 2 aromatic rings. The van der Waals surface area contributed by atoms with Gasteiger partial charge in [-0.2, -0.15) is 5.10 Å². The molecule has 0 radical (unpaired) electrons. The molecule has 1 unspecified atom stereocenters. The van der Waals surface area contributed by atoms with Crippen LogP contribution in [0.1, 0.15) is 53.0 Å². The van der Waals surface area contributed by atoms with Crippen molar-refractivity contribution < 1.29 is 4.39 Å². The number of nitrogens with zero attached hydrogens (tertiary/aromatic N) is 4. The van der Waals surface area contributed by atoms with Gasteiger partial charge in [-0.1, -0.05) is 41.5 Å². The highest BCUT2D eigenvalue weighted by Crippen LogP contribution is 2.44. The predicted octanol–water partition coefficient (Wildman–Crippen LogP) is 5.21. The minimum Gasteiger partial charge on any atom is -0.358 e. The Morgan fingerprint density at radius 1 is 1.12 bits per heavy atom. The molecule has 0 aliphatic carbocycles. The van der Waals surface area contributed by atoms with Crippen LogP contribution in [-0.2, 0) is 0 Å². The summed E-state index contributed by atoms with van der Waals surface area (Å²) in [6, 6.07) is 1.92. The molecule has 1 atom stereocenters. The Bertz CT molecular complexity index is 803. The number of fused-ring (bicyclic) bond motifs is 1. The lowest BCUT2D eigenvalue weighted by Crippen LogP contribution is -2.51. The lowest BCUT2D eigenvalue weighted by atomic mass is 10.0. The van der Waals surface area contributed by atoms with Gasteiger partial charge >= 0.3 is 0 Å². The molecule has 0 spiro atoms. The van der Waals surface area contributed by atoms with Crippen molar-refractivity contribution in [3.8, 4) is 0 Å². The van der Waals surface area contributed by atoms with Gasteiger partial charge in [-0.15, -0.1) is 0 Å². The molecule has 0 N–H and O–H groups in total. The fraction of sp³-hybridized carbons (Fsp3) is 0.600. The van der Waals surface area contributed by atoms with E-state index in [4.69, 9.17) is 4.98 Å². The van der Waals surface area contributed by atoms with Crippen molar-refractivity contribution in [1.82, 2.24) is 14.2 Å². The van der Waals surface area contributed by atoms with E-state index >= 15 is 4.39 Å². The molecule has 0 saturated heterocycles. The Balaban J connectivity index is 2.18. The fourth-order valence-electron chi connectivity index (χ4n) is 5.23. The predicted molar refractivity (Wildman–Crippen MR) is 110 cm³/mol. The van der Waals surface area contributed by atoms with E-state index in [1.165, 1.54) is 0 Å². The van der Waals surface area contributed by atoms with Gasteiger partial charge in [-0.05, 0) is 28.9 Å². The van der Waals surface area contributed by atoms with Crippen LogP contribution in [0.15, 0.2) is 23.6 Å². The van der Waals surface area contributed by atoms with Crippen molar-refractivity contribution in [2.45, 2.75) is 64.1 Å². The van der Waals surface area contributed by atoms with Gasteiger partial charge < -0.3 is 4.23 Å². The topological polar surface area (TPSA) is 33.4 Å². The summed E-state index contributed by atoms with van der Waals surface area (Å²) < 4.78 is 17.7. The number of hydrazone groups is 1. The molecular weight excluding hydrogens is 343 g/mol. The SMILES string of the molecule is CC(C)[Si](C(C)C)(C(C)C)n1ccc2c(F)c(C3C=NN(C)C3)cnc21. The molecule has 3 heterocycles. The highest BCUT2D eigenvalue weighted by atomic mass is 28.3. The molecule has 6 heteroatoms. The van der Waals surface area contributed by atoms with E-state index in [0.29, 0.717) is 34.1 Å². The van der Waals surface area contributed by atoms with Crippen molar-refractivity contribution in [3.05, 3.63) is 29.8 Å². The highest BCUT2D eigenvalue weighted by molar-refractivity contribution is 6.82. The van der Waals surface area contributed by atoms with Crippen molar-refractivity contribution in [1.29, 1.82) is 0 Å². The third-order valence-corrected chi connectivity index (χ3v) is 12.9. The monoisotopic (exact) mass is 374 g/mol. The smallest absolute Gasteiger partial charge is 0.171 e. The van der Waals surface area contributed by atoms with Crippen LogP contribution in [-0.4, -0.2) is 42.3 Å². The maximum absolute atomic E-state index is 15.3. The lowest BCUT2D eigenvalue weighted by molar-refractivity contribution is 0.379. The van der Waals surface area contributed by atoms with E-state index in [0.717, 1.165) is 5.65 Å². The van der Waals surface area contributed by atoms with Crippen LogP contribution in [0.5, 0.6) is 0 Å². The summed E-state index contributed by atoms with van der Waals surface area (Å²) in [4.78, 5) is 4.76. The molecule has 3 rings (SSSR count). The van der Waals surface area contributed by atoms with E-state index in [-0.39, 0.29) is 11.7 Å². The molecular formula is C20H31FN4Si. The second-order valence-electron chi connectivity index (χ2n) is 8.51. The van der Waals surface area contributed by atoms with Gasteiger partial charge in [-0.25, -0.2) is 9.37 Å². The van der Waals surface area contributed by atoms with Crippen LogP contribution < -0.4 is 0 Å². The first-order chi connectivity index (χ1) is 12.2. The normalized spacial score (nSPS) is 18.3. The van der Waals surface area contributed by atoms with E-state index < -0.39 is 8.24 Å². The van der Waals surface area contributed by atoms with Crippen LogP contribution in [0.25, 0.3) is 11.0 Å². The number of halogens is 1. The first-order valence-corrected chi connectivity index (χ1v) is 11.8. The van der Waals surface area contributed by atoms with Crippen molar-refractivity contribution in [3.63, 3.8) is 0 Å². The van der Waals surface area contributed by atoms with Crippen LogP contribution >= 0.6 is 0 Å². The summed E-state index contributed by atoms with van der Waals surface area (Å²) in [6.45, 7) is 14.6. The Kier molecular flexibility index (Phi) is 4.99. The van der Waals surface area contributed by atoms with Crippen LogP contribution in [0.3, 0.4) is 0 Å². The fourth-order valence-corrected chi connectivity index (χ4v) is 11.8. The van der Waals surface area contributed by atoms with Gasteiger partial charge in [0.15, 0.2) is 8.24 Å². The molecule has 26 heavy (non-hydrogen) atoms. The molecule has 0 fully saturated rings. The first kappa shape index (κ1) is 19.1. The Morgan fingerprint density at radius 3 is 2.23 bits per heavy atom. The maximum Gasteiger partial charge on any atom is 0.171 e. The summed E-state index contributed by atoms with van der Waals surface area (Å²) in [5.74, 6) is -0.165. The number of hydrogen-bond donors (Lipinski definition) is 0. The van der Waals surface area contributed by atoms with Gasteiger partial charge in [0.25, 0.3) is 0 Å². The molecule has 2 aromatic heterocycles. The molecule has 0 aromatic carbocycles.